The number of amides is 1. The summed E-state index contributed by atoms with van der Waals surface area (Å²) >= 11 is 0. The second kappa shape index (κ2) is 5.63. The number of anilines is 1. The summed E-state index contributed by atoms with van der Waals surface area (Å²) in [7, 11) is 1.82. The number of piperidine rings is 1. The van der Waals surface area contributed by atoms with Crippen LogP contribution in [0.2, 0.25) is 0 Å². The average Bonchev–Trinajstić information content (AvgIpc) is 2.40. The second-order valence-electron chi connectivity index (χ2n) is 4.17. The van der Waals surface area contributed by atoms with Crippen LogP contribution in [0.3, 0.4) is 0 Å². The van der Waals surface area contributed by atoms with Crippen molar-refractivity contribution >= 4 is 11.6 Å². The van der Waals surface area contributed by atoms with E-state index in [1.165, 1.54) is 6.42 Å². The molecule has 0 radical (unpaired) electrons. The van der Waals surface area contributed by atoms with Gasteiger partial charge in [-0.1, -0.05) is 6.42 Å². The minimum Gasteiger partial charge on any atom is -0.388 e. The van der Waals surface area contributed by atoms with Crippen molar-refractivity contribution in [3.05, 3.63) is 24.0 Å². The molecule has 0 aromatic carbocycles. The zero-order chi connectivity index (χ0) is 12.1. The van der Waals surface area contributed by atoms with Crippen LogP contribution in [0, 0.1) is 0 Å². The molecule has 5 nitrogen and oxygen atoms in total. The fraction of sp³-hybridized carbons (Fsp3) is 0.500. The minimum atomic E-state index is -0.135. The molecule has 0 spiro atoms. The highest BCUT2D eigenvalue weighted by molar-refractivity contribution is 5.92. The van der Waals surface area contributed by atoms with Gasteiger partial charge in [0.2, 0.25) is 0 Å². The summed E-state index contributed by atoms with van der Waals surface area (Å²) in [4.78, 5) is 16.0. The van der Waals surface area contributed by atoms with Crippen LogP contribution in [0.1, 0.15) is 29.8 Å². The molecule has 1 aromatic heterocycles. The van der Waals surface area contributed by atoms with Crippen LogP contribution in [0.4, 0.5) is 5.69 Å². The summed E-state index contributed by atoms with van der Waals surface area (Å²) in [6.45, 7) is 1.86. The molecule has 1 aliphatic heterocycles. The lowest BCUT2D eigenvalue weighted by Crippen LogP contribution is -2.45. The fourth-order valence-corrected chi connectivity index (χ4v) is 1.92. The number of pyridine rings is 1. The Bertz CT molecular complexity index is 388. The fourth-order valence-electron chi connectivity index (χ4n) is 1.92. The van der Waals surface area contributed by atoms with Crippen LogP contribution >= 0.6 is 0 Å². The van der Waals surface area contributed by atoms with Gasteiger partial charge < -0.3 is 5.32 Å². The first-order chi connectivity index (χ1) is 8.29. The van der Waals surface area contributed by atoms with E-state index in [0.717, 1.165) is 31.6 Å². The van der Waals surface area contributed by atoms with Crippen molar-refractivity contribution in [2.75, 3.05) is 25.5 Å². The molecule has 17 heavy (non-hydrogen) atoms. The lowest BCUT2D eigenvalue weighted by atomic mass is 10.2. The third-order valence-electron chi connectivity index (χ3n) is 2.90. The quantitative estimate of drug-likeness (QED) is 0.826. The van der Waals surface area contributed by atoms with Crippen molar-refractivity contribution in [1.29, 1.82) is 0 Å². The van der Waals surface area contributed by atoms with E-state index in [1.54, 1.807) is 12.3 Å². The van der Waals surface area contributed by atoms with Crippen LogP contribution in [-0.2, 0) is 0 Å². The number of hydrazine groups is 1. The molecule has 1 aromatic rings. The maximum Gasteiger partial charge on any atom is 0.284 e. The number of carbonyl (C=O) groups is 1. The Kier molecular flexibility index (Phi) is 3.93. The van der Waals surface area contributed by atoms with E-state index < -0.39 is 0 Å². The molecule has 1 saturated heterocycles. The minimum absolute atomic E-state index is 0.135. The second-order valence-corrected chi connectivity index (χ2v) is 4.17. The van der Waals surface area contributed by atoms with Crippen LogP contribution in [0.15, 0.2) is 18.3 Å². The molecule has 0 atom stereocenters. The standard InChI is InChI=1S/C12H18N4O/c1-13-10-5-6-14-11(9-10)12(17)15-16-7-3-2-4-8-16/h5-6,9H,2-4,7-8H2,1H3,(H,13,14)(H,15,17). The average molecular weight is 234 g/mol. The van der Waals surface area contributed by atoms with Gasteiger partial charge in [0.05, 0.1) is 0 Å². The largest absolute Gasteiger partial charge is 0.388 e. The van der Waals surface area contributed by atoms with E-state index >= 15 is 0 Å². The monoisotopic (exact) mass is 234 g/mol. The zero-order valence-electron chi connectivity index (χ0n) is 10.1. The molecule has 1 fully saturated rings. The number of aromatic nitrogens is 1. The van der Waals surface area contributed by atoms with E-state index in [-0.39, 0.29) is 5.91 Å². The Labute approximate surface area is 101 Å². The number of nitrogens with one attached hydrogen (secondary N) is 2. The van der Waals surface area contributed by atoms with Crippen LogP contribution in [0.25, 0.3) is 0 Å². The summed E-state index contributed by atoms with van der Waals surface area (Å²) in [6.07, 6.45) is 5.17. The van der Waals surface area contributed by atoms with E-state index in [1.807, 2.05) is 18.1 Å². The van der Waals surface area contributed by atoms with Gasteiger partial charge in [-0.3, -0.25) is 15.2 Å². The molecule has 2 rings (SSSR count). The molecule has 5 heteroatoms. The Morgan fingerprint density at radius 1 is 1.35 bits per heavy atom. The number of nitrogens with zero attached hydrogens (tertiary/aromatic N) is 2. The number of hydrogen-bond donors (Lipinski definition) is 2. The van der Waals surface area contributed by atoms with Crippen molar-refractivity contribution in [2.24, 2.45) is 0 Å². The first-order valence-corrected chi connectivity index (χ1v) is 5.99. The van der Waals surface area contributed by atoms with Crippen LogP contribution in [-0.4, -0.2) is 36.0 Å². The van der Waals surface area contributed by atoms with Crippen LogP contribution in [0.5, 0.6) is 0 Å². The predicted octanol–water partition coefficient (Wildman–Crippen LogP) is 1.25. The summed E-state index contributed by atoms with van der Waals surface area (Å²) in [5.74, 6) is -0.135. The van der Waals surface area contributed by atoms with Gasteiger partial charge in [-0.05, 0) is 25.0 Å². The van der Waals surface area contributed by atoms with Gasteiger partial charge in [-0.2, -0.15) is 0 Å². The Hall–Kier alpha value is -1.62. The first kappa shape index (κ1) is 11.9. The van der Waals surface area contributed by atoms with E-state index in [4.69, 9.17) is 0 Å². The smallest absolute Gasteiger partial charge is 0.284 e. The summed E-state index contributed by atoms with van der Waals surface area (Å²) in [5, 5.41) is 4.96. The molecular weight excluding hydrogens is 216 g/mol. The Morgan fingerprint density at radius 2 is 2.12 bits per heavy atom. The predicted molar refractivity (Wildman–Crippen MR) is 66.7 cm³/mol. The van der Waals surface area contributed by atoms with Gasteiger partial charge in [0.1, 0.15) is 5.69 Å². The van der Waals surface area contributed by atoms with Crippen molar-refractivity contribution in [1.82, 2.24) is 15.4 Å². The van der Waals surface area contributed by atoms with Gasteiger partial charge >= 0.3 is 0 Å². The Balaban J connectivity index is 1.98. The molecule has 0 saturated carbocycles. The topological polar surface area (TPSA) is 57.3 Å². The molecular formula is C12H18N4O. The number of rotatable bonds is 3. The van der Waals surface area contributed by atoms with Gasteiger partial charge in [-0.15, -0.1) is 0 Å². The lowest BCUT2D eigenvalue weighted by Gasteiger charge is -2.26. The van der Waals surface area contributed by atoms with E-state index in [2.05, 4.69) is 15.7 Å². The zero-order valence-corrected chi connectivity index (χ0v) is 10.1. The first-order valence-electron chi connectivity index (χ1n) is 5.99. The maximum atomic E-state index is 11.9. The third-order valence-corrected chi connectivity index (χ3v) is 2.90. The lowest BCUT2D eigenvalue weighted by molar-refractivity contribution is 0.0745. The SMILES string of the molecule is CNc1ccnc(C(=O)NN2CCCCC2)c1. The summed E-state index contributed by atoms with van der Waals surface area (Å²) in [6, 6.07) is 3.58. The molecule has 1 aliphatic rings. The van der Waals surface area contributed by atoms with E-state index in [9.17, 15) is 4.79 Å². The van der Waals surface area contributed by atoms with Gasteiger partial charge in [-0.25, -0.2) is 5.01 Å². The van der Waals surface area contributed by atoms with Crippen molar-refractivity contribution in [3.63, 3.8) is 0 Å². The molecule has 2 N–H and O–H groups in total. The molecule has 0 bridgehead atoms. The van der Waals surface area contributed by atoms with E-state index in [0.29, 0.717) is 5.69 Å². The molecule has 1 amide bonds. The summed E-state index contributed by atoms with van der Waals surface area (Å²) in [5.41, 5.74) is 4.23. The maximum absolute atomic E-state index is 11.9. The highest BCUT2D eigenvalue weighted by Crippen LogP contribution is 2.09. The van der Waals surface area contributed by atoms with Gasteiger partial charge in [0.15, 0.2) is 0 Å². The van der Waals surface area contributed by atoms with Crippen molar-refractivity contribution in [3.8, 4) is 0 Å². The third kappa shape index (κ3) is 3.17. The van der Waals surface area contributed by atoms with Crippen LogP contribution < -0.4 is 10.7 Å². The molecule has 0 aliphatic carbocycles. The molecule has 92 valence electrons. The highest BCUT2D eigenvalue weighted by Gasteiger charge is 2.14. The highest BCUT2D eigenvalue weighted by atomic mass is 16.2. The van der Waals surface area contributed by atoms with Gasteiger partial charge in [0, 0.05) is 32.0 Å². The van der Waals surface area contributed by atoms with Crippen molar-refractivity contribution < 1.29 is 4.79 Å². The number of carbonyl (C=O) groups excluding carboxylic acids is 1. The molecule has 2 heterocycles. The Morgan fingerprint density at radius 3 is 2.82 bits per heavy atom. The number of hydrogen-bond acceptors (Lipinski definition) is 4. The van der Waals surface area contributed by atoms with Crippen molar-refractivity contribution in [2.45, 2.75) is 19.3 Å². The van der Waals surface area contributed by atoms with Gasteiger partial charge in [0.25, 0.3) is 5.91 Å². The summed E-state index contributed by atoms with van der Waals surface area (Å²) < 4.78 is 0. The molecule has 0 unspecified atom stereocenters. The normalized spacial score (nSPS) is 16.5.